The molecule has 15 heavy (non-hydrogen) atoms. The van der Waals surface area contributed by atoms with Crippen molar-refractivity contribution in [3.8, 4) is 5.75 Å². The number of hydrogen-bond acceptors (Lipinski definition) is 2. The van der Waals surface area contributed by atoms with Gasteiger partial charge in [-0.25, -0.2) is 4.79 Å². The Labute approximate surface area is 83.6 Å². The van der Waals surface area contributed by atoms with Gasteiger partial charge in [-0.3, -0.25) is 0 Å². The van der Waals surface area contributed by atoms with E-state index in [2.05, 4.69) is 10.5 Å². The molecule has 2 N–H and O–H groups in total. The van der Waals surface area contributed by atoms with E-state index in [-0.39, 0.29) is 11.3 Å². The fourth-order valence-corrected chi connectivity index (χ4v) is 1.09. The highest BCUT2D eigenvalue weighted by Gasteiger charge is 2.32. The maximum absolute atomic E-state index is 12.4. The number of hydrogen-bond donors (Lipinski definition) is 1. The van der Waals surface area contributed by atoms with Crippen molar-refractivity contribution in [2.24, 2.45) is 5.73 Å². The molecular weight excluding hydrogens is 211 g/mol. The van der Waals surface area contributed by atoms with E-state index in [9.17, 15) is 18.0 Å². The summed E-state index contributed by atoms with van der Waals surface area (Å²) in [5.41, 5.74) is 3.89. The van der Waals surface area contributed by atoms with Crippen molar-refractivity contribution in [1.82, 2.24) is 0 Å². The van der Waals surface area contributed by atoms with Crippen LogP contribution in [0.5, 0.6) is 5.75 Å². The van der Waals surface area contributed by atoms with Crippen molar-refractivity contribution >= 4 is 6.09 Å². The molecule has 0 atom stereocenters. The number of primary amides is 1. The second-order valence-electron chi connectivity index (χ2n) is 2.90. The molecule has 82 valence electrons. The van der Waals surface area contributed by atoms with E-state index in [1.54, 1.807) is 0 Å². The van der Waals surface area contributed by atoms with Gasteiger partial charge in [-0.05, 0) is 24.6 Å². The molecule has 1 amide bonds. The van der Waals surface area contributed by atoms with Gasteiger partial charge in [0, 0.05) is 0 Å². The Morgan fingerprint density at radius 2 is 2.00 bits per heavy atom. The third-order valence-corrected chi connectivity index (χ3v) is 1.73. The molecule has 1 rings (SSSR count). The molecule has 0 aliphatic carbocycles. The predicted octanol–water partition coefficient (Wildman–Crippen LogP) is 2.47. The lowest BCUT2D eigenvalue weighted by molar-refractivity contribution is -0.138. The lowest BCUT2D eigenvalue weighted by Gasteiger charge is -2.11. The van der Waals surface area contributed by atoms with Gasteiger partial charge in [-0.15, -0.1) is 0 Å². The van der Waals surface area contributed by atoms with E-state index in [0.29, 0.717) is 0 Å². The number of ether oxygens (including phenoxy) is 1. The molecule has 0 heterocycles. The number of halogens is 3. The topological polar surface area (TPSA) is 52.3 Å². The van der Waals surface area contributed by atoms with Crippen molar-refractivity contribution in [2.45, 2.75) is 13.1 Å². The number of nitrogens with two attached hydrogens (primary N) is 1. The highest BCUT2D eigenvalue weighted by atomic mass is 19.4. The van der Waals surface area contributed by atoms with E-state index >= 15 is 0 Å². The maximum Gasteiger partial charge on any atom is 0.416 e. The third-order valence-electron chi connectivity index (χ3n) is 1.73. The largest absolute Gasteiger partial charge is 0.416 e. The van der Waals surface area contributed by atoms with Gasteiger partial charge in [0.2, 0.25) is 0 Å². The summed E-state index contributed by atoms with van der Waals surface area (Å²) < 4.78 is 41.5. The first-order valence-corrected chi connectivity index (χ1v) is 3.96. The number of alkyl halides is 3. The molecule has 0 bridgehead atoms. The fraction of sp³-hybridized carbons (Fsp3) is 0.222. The van der Waals surface area contributed by atoms with Crippen LogP contribution in [-0.2, 0) is 6.18 Å². The van der Waals surface area contributed by atoms with Gasteiger partial charge in [0.05, 0.1) is 5.56 Å². The molecule has 3 nitrogen and oxygen atoms in total. The minimum atomic E-state index is -4.47. The van der Waals surface area contributed by atoms with Crippen molar-refractivity contribution < 1.29 is 22.7 Å². The quantitative estimate of drug-likeness (QED) is 0.788. The average Bonchev–Trinajstić information content (AvgIpc) is 2.05. The van der Waals surface area contributed by atoms with E-state index in [1.165, 1.54) is 19.1 Å². The molecule has 0 radical (unpaired) electrons. The number of amides is 1. The summed E-state index contributed by atoms with van der Waals surface area (Å²) in [4.78, 5) is 10.3. The van der Waals surface area contributed by atoms with Crippen LogP contribution in [0, 0.1) is 6.92 Å². The first kappa shape index (κ1) is 11.4. The summed E-state index contributed by atoms with van der Waals surface area (Å²) in [6, 6.07) is 3.19. The monoisotopic (exact) mass is 219 g/mol. The number of benzene rings is 1. The molecular formula is C9H8F3NO2. The molecule has 0 saturated carbocycles. The molecule has 0 unspecified atom stereocenters. The second kappa shape index (κ2) is 3.80. The van der Waals surface area contributed by atoms with E-state index < -0.39 is 17.8 Å². The molecule has 0 saturated heterocycles. The van der Waals surface area contributed by atoms with Crippen LogP contribution >= 0.6 is 0 Å². The van der Waals surface area contributed by atoms with Crippen molar-refractivity contribution in [3.63, 3.8) is 0 Å². The molecule has 0 fully saturated rings. The molecule has 1 aromatic rings. The van der Waals surface area contributed by atoms with Gasteiger partial charge >= 0.3 is 12.3 Å². The Hall–Kier alpha value is -1.72. The van der Waals surface area contributed by atoms with Crippen LogP contribution in [0.3, 0.4) is 0 Å². The number of aryl methyl sites for hydroxylation is 1. The molecule has 0 spiro atoms. The summed E-state index contributed by atoms with van der Waals surface area (Å²) in [7, 11) is 0. The van der Waals surface area contributed by atoms with Crippen LogP contribution in [0.2, 0.25) is 0 Å². The van der Waals surface area contributed by atoms with Crippen LogP contribution in [0.4, 0.5) is 18.0 Å². The fourth-order valence-electron chi connectivity index (χ4n) is 1.09. The predicted molar refractivity (Wildman–Crippen MR) is 46.4 cm³/mol. The summed E-state index contributed by atoms with van der Waals surface area (Å²) in [5.74, 6) is -0.222. The Morgan fingerprint density at radius 3 is 2.47 bits per heavy atom. The number of rotatable bonds is 1. The lowest BCUT2D eigenvalue weighted by atomic mass is 10.1. The van der Waals surface area contributed by atoms with E-state index in [0.717, 1.165) is 6.07 Å². The van der Waals surface area contributed by atoms with Crippen LogP contribution in [-0.4, -0.2) is 6.09 Å². The lowest BCUT2D eigenvalue weighted by Crippen LogP contribution is -2.17. The first-order valence-electron chi connectivity index (χ1n) is 3.96. The summed E-state index contributed by atoms with van der Waals surface area (Å²) in [6.45, 7) is 1.32. The summed E-state index contributed by atoms with van der Waals surface area (Å²) in [6.07, 6.45) is -5.62. The van der Waals surface area contributed by atoms with Gasteiger partial charge in [0.25, 0.3) is 0 Å². The zero-order valence-corrected chi connectivity index (χ0v) is 7.76. The Bertz CT molecular complexity index is 387. The number of carbonyl (C=O) groups excluding carboxylic acids is 1. The standard InChI is InChI=1S/C9H8F3NO2/c1-5-2-3-6(15-8(13)14)4-7(5)9(10,11)12/h2-4H,1H3,(H2,13,14). The SMILES string of the molecule is Cc1ccc(OC(N)=O)cc1C(F)(F)F. The summed E-state index contributed by atoms with van der Waals surface area (Å²) >= 11 is 0. The summed E-state index contributed by atoms with van der Waals surface area (Å²) in [5, 5.41) is 0. The van der Waals surface area contributed by atoms with E-state index in [1.807, 2.05) is 0 Å². The highest BCUT2D eigenvalue weighted by Crippen LogP contribution is 2.33. The molecule has 0 aliphatic heterocycles. The van der Waals surface area contributed by atoms with Gasteiger partial charge in [-0.1, -0.05) is 6.07 Å². The van der Waals surface area contributed by atoms with Gasteiger partial charge in [0.15, 0.2) is 0 Å². The second-order valence-corrected chi connectivity index (χ2v) is 2.90. The number of carbonyl (C=O) groups is 1. The smallest absolute Gasteiger partial charge is 0.410 e. The van der Waals surface area contributed by atoms with Crippen LogP contribution in [0.25, 0.3) is 0 Å². The Kier molecular flexibility index (Phi) is 2.88. The zero-order chi connectivity index (χ0) is 11.6. The Balaban J connectivity index is 3.11. The highest BCUT2D eigenvalue weighted by molar-refractivity contribution is 5.68. The van der Waals surface area contributed by atoms with E-state index in [4.69, 9.17) is 0 Å². The normalized spacial score (nSPS) is 11.2. The van der Waals surface area contributed by atoms with Crippen LogP contribution < -0.4 is 10.5 Å². The first-order chi connectivity index (χ1) is 6.80. The average molecular weight is 219 g/mol. The minimum Gasteiger partial charge on any atom is -0.410 e. The third kappa shape index (κ3) is 2.87. The van der Waals surface area contributed by atoms with Gasteiger partial charge in [-0.2, -0.15) is 13.2 Å². The van der Waals surface area contributed by atoms with Gasteiger partial charge in [0.1, 0.15) is 5.75 Å². The Morgan fingerprint density at radius 1 is 1.40 bits per heavy atom. The molecule has 1 aromatic carbocycles. The molecule has 0 aromatic heterocycles. The van der Waals surface area contributed by atoms with Crippen molar-refractivity contribution in [1.29, 1.82) is 0 Å². The van der Waals surface area contributed by atoms with Crippen LogP contribution in [0.1, 0.15) is 11.1 Å². The minimum absolute atomic E-state index is 0.0549. The van der Waals surface area contributed by atoms with Crippen LogP contribution in [0.15, 0.2) is 18.2 Å². The van der Waals surface area contributed by atoms with Crippen molar-refractivity contribution in [3.05, 3.63) is 29.3 Å². The molecule has 6 heteroatoms. The van der Waals surface area contributed by atoms with Gasteiger partial charge < -0.3 is 10.5 Å². The zero-order valence-electron chi connectivity index (χ0n) is 7.76. The molecule has 0 aliphatic rings. The van der Waals surface area contributed by atoms with Crippen molar-refractivity contribution in [2.75, 3.05) is 0 Å². The maximum atomic E-state index is 12.4.